The number of nitrogens with zero attached hydrogens (tertiary/aromatic N) is 2. The van der Waals surface area contributed by atoms with Gasteiger partial charge in [0.05, 0.1) is 6.61 Å². The minimum absolute atomic E-state index is 0.194. The molecule has 1 atom stereocenters. The highest BCUT2D eigenvalue weighted by Gasteiger charge is 2.08. The summed E-state index contributed by atoms with van der Waals surface area (Å²) in [6.45, 7) is 7.27. The number of hydrogen-bond acceptors (Lipinski definition) is 6. The van der Waals surface area contributed by atoms with E-state index in [0.29, 0.717) is 19.0 Å². The van der Waals surface area contributed by atoms with Gasteiger partial charge in [-0.15, -0.1) is 0 Å². The van der Waals surface area contributed by atoms with Crippen LogP contribution >= 0.6 is 0 Å². The third-order valence-corrected chi connectivity index (χ3v) is 2.18. The lowest BCUT2D eigenvalue weighted by Gasteiger charge is -2.16. The Hall–Kier alpha value is -1.40. The van der Waals surface area contributed by atoms with Gasteiger partial charge in [0.1, 0.15) is 18.0 Å². The molecule has 0 spiro atoms. The van der Waals surface area contributed by atoms with Crippen LogP contribution in [0, 0.1) is 6.92 Å². The van der Waals surface area contributed by atoms with Gasteiger partial charge >= 0.3 is 0 Å². The summed E-state index contributed by atoms with van der Waals surface area (Å²) >= 11 is 0. The smallest absolute Gasteiger partial charge is 0.148 e. The van der Waals surface area contributed by atoms with Crippen molar-refractivity contribution in [2.75, 3.05) is 24.0 Å². The molecule has 1 rings (SSSR count). The van der Waals surface area contributed by atoms with Gasteiger partial charge in [0.25, 0.3) is 0 Å². The van der Waals surface area contributed by atoms with Crippen molar-refractivity contribution in [1.82, 2.24) is 9.97 Å². The van der Waals surface area contributed by atoms with Crippen LogP contribution in [0.15, 0.2) is 6.33 Å². The number of anilines is 2. The number of hydrogen-bond donors (Lipinski definition) is 3. The molecule has 0 saturated heterocycles. The minimum Gasteiger partial charge on any atom is -0.380 e. The lowest BCUT2D eigenvalue weighted by atomic mass is 10.3. The average Bonchev–Trinajstić information content (AvgIpc) is 2.29. The van der Waals surface area contributed by atoms with E-state index in [1.54, 1.807) is 0 Å². The Morgan fingerprint density at radius 1 is 1.44 bits per heavy atom. The molecule has 0 aliphatic heterocycles. The summed E-state index contributed by atoms with van der Waals surface area (Å²) in [5, 5.41) is 3.25. The normalized spacial score (nSPS) is 12.2. The van der Waals surface area contributed by atoms with Crippen molar-refractivity contribution in [1.29, 1.82) is 0 Å². The molecule has 0 saturated carbocycles. The Morgan fingerprint density at radius 3 is 2.75 bits per heavy atom. The first-order valence-corrected chi connectivity index (χ1v) is 5.31. The van der Waals surface area contributed by atoms with Crippen molar-refractivity contribution in [3.63, 3.8) is 0 Å². The number of nitrogen functional groups attached to an aromatic ring is 1. The van der Waals surface area contributed by atoms with Crippen molar-refractivity contribution >= 4 is 11.6 Å². The highest BCUT2D eigenvalue weighted by atomic mass is 16.5. The molecule has 6 nitrogen and oxygen atoms in total. The first-order chi connectivity index (χ1) is 7.69. The molecule has 16 heavy (non-hydrogen) atoms. The molecule has 90 valence electrons. The summed E-state index contributed by atoms with van der Waals surface area (Å²) in [6, 6.07) is 0.194. The summed E-state index contributed by atoms with van der Waals surface area (Å²) in [4.78, 5) is 8.17. The monoisotopic (exact) mass is 225 g/mol. The van der Waals surface area contributed by atoms with Gasteiger partial charge < -0.3 is 15.5 Å². The topological polar surface area (TPSA) is 85.1 Å². The predicted molar refractivity (Wildman–Crippen MR) is 64.2 cm³/mol. The van der Waals surface area contributed by atoms with Crippen LogP contribution in [-0.2, 0) is 4.74 Å². The molecule has 1 unspecified atom stereocenters. The Balaban J connectivity index is 2.66. The summed E-state index contributed by atoms with van der Waals surface area (Å²) in [5.41, 5.74) is 3.43. The van der Waals surface area contributed by atoms with Crippen LogP contribution in [-0.4, -0.2) is 29.2 Å². The van der Waals surface area contributed by atoms with Crippen LogP contribution in [0.2, 0.25) is 0 Å². The Bertz CT molecular complexity index is 331. The van der Waals surface area contributed by atoms with E-state index in [4.69, 9.17) is 10.6 Å². The average molecular weight is 225 g/mol. The number of hydrazine groups is 1. The second kappa shape index (κ2) is 6.24. The van der Waals surface area contributed by atoms with Crippen LogP contribution in [0.1, 0.15) is 19.4 Å². The molecule has 0 aromatic carbocycles. The van der Waals surface area contributed by atoms with Crippen LogP contribution in [0.5, 0.6) is 0 Å². The predicted octanol–water partition coefficient (Wildman–Crippen LogP) is 0.908. The molecule has 0 bridgehead atoms. The third kappa shape index (κ3) is 3.32. The summed E-state index contributed by atoms with van der Waals surface area (Å²) < 4.78 is 5.32. The zero-order valence-electron chi connectivity index (χ0n) is 9.95. The van der Waals surface area contributed by atoms with E-state index in [2.05, 4.69) is 20.7 Å². The van der Waals surface area contributed by atoms with Gasteiger partial charge in [-0.1, -0.05) is 0 Å². The van der Waals surface area contributed by atoms with E-state index in [1.807, 2.05) is 20.8 Å². The van der Waals surface area contributed by atoms with Crippen molar-refractivity contribution in [2.45, 2.75) is 26.8 Å². The van der Waals surface area contributed by atoms with Gasteiger partial charge in [-0.2, -0.15) is 0 Å². The molecule has 1 heterocycles. The Labute approximate surface area is 95.6 Å². The zero-order chi connectivity index (χ0) is 12.0. The highest BCUT2D eigenvalue weighted by Crippen LogP contribution is 2.17. The van der Waals surface area contributed by atoms with E-state index in [0.717, 1.165) is 11.4 Å². The number of rotatable bonds is 6. The zero-order valence-corrected chi connectivity index (χ0v) is 9.95. The number of ether oxygens (including phenoxy) is 1. The molecular formula is C10H19N5O. The fraction of sp³-hybridized carbons (Fsp3) is 0.600. The van der Waals surface area contributed by atoms with E-state index in [9.17, 15) is 0 Å². The lowest BCUT2D eigenvalue weighted by molar-refractivity contribution is 0.141. The second-order valence-electron chi connectivity index (χ2n) is 3.55. The van der Waals surface area contributed by atoms with Gasteiger partial charge in [0.2, 0.25) is 0 Å². The van der Waals surface area contributed by atoms with Crippen LogP contribution in [0.4, 0.5) is 11.6 Å². The summed E-state index contributed by atoms with van der Waals surface area (Å²) in [6.07, 6.45) is 1.47. The van der Waals surface area contributed by atoms with E-state index in [1.165, 1.54) is 6.33 Å². The molecule has 6 heteroatoms. The van der Waals surface area contributed by atoms with Gasteiger partial charge in [0, 0.05) is 18.2 Å². The van der Waals surface area contributed by atoms with Crippen molar-refractivity contribution in [3.8, 4) is 0 Å². The fourth-order valence-corrected chi connectivity index (χ4v) is 1.31. The van der Waals surface area contributed by atoms with Crippen LogP contribution in [0.3, 0.4) is 0 Å². The molecule has 0 fully saturated rings. The SMILES string of the molecule is CCOCC(C)Nc1ncnc(NN)c1C. The van der Waals surface area contributed by atoms with Crippen LogP contribution in [0.25, 0.3) is 0 Å². The fourth-order valence-electron chi connectivity index (χ4n) is 1.31. The van der Waals surface area contributed by atoms with Gasteiger partial charge in [-0.25, -0.2) is 15.8 Å². The van der Waals surface area contributed by atoms with Crippen molar-refractivity contribution in [2.24, 2.45) is 5.84 Å². The minimum atomic E-state index is 0.194. The Kier molecular flexibility index (Phi) is 4.94. The molecular weight excluding hydrogens is 206 g/mol. The standard InChI is InChI=1S/C10H19N5O/c1-4-16-5-7(2)14-9-8(3)10(15-11)13-6-12-9/h6-7H,4-5,11H2,1-3H3,(H2,12,13,14,15). The lowest BCUT2D eigenvalue weighted by Crippen LogP contribution is -2.23. The number of nitrogens with one attached hydrogen (secondary N) is 2. The summed E-state index contributed by atoms with van der Waals surface area (Å²) in [7, 11) is 0. The summed E-state index contributed by atoms with van der Waals surface area (Å²) in [5.74, 6) is 6.74. The number of nitrogens with two attached hydrogens (primary N) is 1. The van der Waals surface area contributed by atoms with Crippen molar-refractivity contribution < 1.29 is 4.74 Å². The first-order valence-electron chi connectivity index (χ1n) is 5.31. The quantitative estimate of drug-likeness (QED) is 0.493. The van der Waals surface area contributed by atoms with Crippen LogP contribution < -0.4 is 16.6 Å². The van der Waals surface area contributed by atoms with E-state index in [-0.39, 0.29) is 6.04 Å². The molecule has 0 radical (unpaired) electrons. The molecule has 4 N–H and O–H groups in total. The molecule has 1 aromatic rings. The molecule has 0 amide bonds. The maximum absolute atomic E-state index is 5.34. The second-order valence-corrected chi connectivity index (χ2v) is 3.55. The molecule has 0 aliphatic rings. The highest BCUT2D eigenvalue weighted by molar-refractivity contribution is 5.56. The maximum Gasteiger partial charge on any atom is 0.148 e. The van der Waals surface area contributed by atoms with Crippen molar-refractivity contribution in [3.05, 3.63) is 11.9 Å². The van der Waals surface area contributed by atoms with Gasteiger partial charge in [-0.05, 0) is 20.8 Å². The first kappa shape index (κ1) is 12.7. The maximum atomic E-state index is 5.34. The largest absolute Gasteiger partial charge is 0.380 e. The molecule has 1 aromatic heterocycles. The molecule has 0 aliphatic carbocycles. The number of aromatic nitrogens is 2. The van der Waals surface area contributed by atoms with Gasteiger partial charge in [-0.3, -0.25) is 0 Å². The third-order valence-electron chi connectivity index (χ3n) is 2.18. The van der Waals surface area contributed by atoms with Gasteiger partial charge in [0.15, 0.2) is 0 Å². The van der Waals surface area contributed by atoms with E-state index < -0.39 is 0 Å². The Morgan fingerprint density at radius 2 is 2.12 bits per heavy atom. The van der Waals surface area contributed by atoms with E-state index >= 15 is 0 Å².